The first-order chi connectivity index (χ1) is 18.6. The molecule has 1 heterocycles. The molecule has 1 heteroatoms. The minimum atomic E-state index is -0.0865. The Labute approximate surface area is 224 Å². The Kier molecular flexibility index (Phi) is 4.47. The van der Waals surface area contributed by atoms with Crippen molar-refractivity contribution in [3.8, 4) is 11.1 Å². The fourth-order valence-corrected chi connectivity index (χ4v) is 7.21. The van der Waals surface area contributed by atoms with E-state index in [2.05, 4.69) is 141 Å². The van der Waals surface area contributed by atoms with Crippen molar-refractivity contribution in [2.75, 3.05) is 0 Å². The Balaban J connectivity index is 1.54. The van der Waals surface area contributed by atoms with Crippen molar-refractivity contribution in [3.05, 3.63) is 139 Å². The van der Waals surface area contributed by atoms with E-state index in [1.807, 2.05) is 0 Å². The van der Waals surface area contributed by atoms with Gasteiger partial charge < -0.3 is 0 Å². The van der Waals surface area contributed by atoms with Crippen LogP contribution in [0.3, 0.4) is 0 Å². The Morgan fingerprint density at radius 3 is 1.97 bits per heavy atom. The van der Waals surface area contributed by atoms with Gasteiger partial charge in [-0.25, -0.2) is 0 Å². The van der Waals surface area contributed by atoms with Gasteiger partial charge in [-0.3, -0.25) is 0 Å². The predicted molar refractivity (Wildman–Crippen MR) is 165 cm³/mol. The Morgan fingerprint density at radius 2 is 1.16 bits per heavy atom. The predicted octanol–water partition coefficient (Wildman–Crippen LogP) is 7.41. The third-order valence-corrected chi connectivity index (χ3v) is 8.95. The molecule has 0 amide bonds. The summed E-state index contributed by atoms with van der Waals surface area (Å²) in [6.45, 7) is 5.00. The molecule has 0 spiro atoms. The van der Waals surface area contributed by atoms with Crippen LogP contribution in [0.15, 0.2) is 127 Å². The lowest BCUT2D eigenvalue weighted by molar-refractivity contribution is 0.647. The van der Waals surface area contributed by atoms with Crippen LogP contribution in [-0.2, 0) is 5.41 Å². The summed E-state index contributed by atoms with van der Waals surface area (Å²) in [5, 5.41) is 8.14. The largest absolute Gasteiger partial charge is 0.242 e. The van der Waals surface area contributed by atoms with Crippen LogP contribution in [0.25, 0.3) is 43.4 Å². The van der Waals surface area contributed by atoms with E-state index >= 15 is 0 Å². The van der Waals surface area contributed by atoms with Crippen LogP contribution in [0.2, 0.25) is 0 Å². The molecule has 0 bridgehead atoms. The maximum atomic E-state index is 2.50. The second-order valence-corrected chi connectivity index (χ2v) is 11.3. The highest BCUT2D eigenvalue weighted by Gasteiger charge is 2.41. The Bertz CT molecular complexity index is 1980. The molecule has 0 atom stereocenters. The van der Waals surface area contributed by atoms with Gasteiger partial charge in [0.05, 0.1) is 0 Å². The first-order valence-electron chi connectivity index (χ1n) is 13.6. The molecule has 0 saturated carbocycles. The van der Waals surface area contributed by atoms with Crippen LogP contribution >= 0.6 is 0 Å². The van der Waals surface area contributed by atoms with Gasteiger partial charge in [-0.2, -0.15) is 0 Å². The normalized spacial score (nSPS) is 14.2. The topological polar surface area (TPSA) is 0 Å². The van der Waals surface area contributed by atoms with Crippen LogP contribution in [0, 0.1) is 0 Å². The first-order valence-corrected chi connectivity index (χ1v) is 13.6. The molecule has 0 fully saturated rings. The highest BCUT2D eigenvalue weighted by Crippen LogP contribution is 2.42. The molecule has 7 aromatic carbocycles. The molecule has 0 nitrogen and oxygen atoms in total. The van der Waals surface area contributed by atoms with Gasteiger partial charge in [0.1, 0.15) is 0 Å². The molecule has 178 valence electrons. The van der Waals surface area contributed by atoms with Gasteiger partial charge in [-0.1, -0.05) is 158 Å². The summed E-state index contributed by atoms with van der Waals surface area (Å²) in [7, 11) is 0. The second kappa shape index (κ2) is 7.82. The van der Waals surface area contributed by atoms with Crippen molar-refractivity contribution in [2.45, 2.75) is 19.3 Å². The van der Waals surface area contributed by atoms with Gasteiger partial charge >= 0.3 is 0 Å². The van der Waals surface area contributed by atoms with E-state index in [9.17, 15) is 0 Å². The fraction of sp³-hybridized carbons (Fsp3) is 0.0811. The zero-order valence-corrected chi connectivity index (χ0v) is 21.7. The summed E-state index contributed by atoms with van der Waals surface area (Å²) in [4.78, 5) is 0. The van der Waals surface area contributed by atoms with Crippen molar-refractivity contribution in [1.29, 1.82) is 0 Å². The minimum Gasteiger partial charge on any atom is -0.0686 e. The number of rotatable bonds is 2. The molecule has 0 aromatic heterocycles. The summed E-state index contributed by atoms with van der Waals surface area (Å²) in [5.74, 6) is 0. The third kappa shape index (κ3) is 2.88. The average Bonchev–Trinajstić information content (AvgIpc) is 2.97. The van der Waals surface area contributed by atoms with Gasteiger partial charge in [0, 0.05) is 5.41 Å². The maximum absolute atomic E-state index is 2.50. The van der Waals surface area contributed by atoms with E-state index < -0.39 is 0 Å². The first kappa shape index (κ1) is 21.7. The molecule has 1 aliphatic heterocycles. The second-order valence-electron chi connectivity index (χ2n) is 11.3. The van der Waals surface area contributed by atoms with Gasteiger partial charge in [0.15, 0.2) is 0 Å². The van der Waals surface area contributed by atoms with Crippen molar-refractivity contribution in [3.63, 3.8) is 0 Å². The summed E-state index contributed by atoms with van der Waals surface area (Å²) in [6.07, 6.45) is 0. The zero-order valence-electron chi connectivity index (χ0n) is 21.7. The van der Waals surface area contributed by atoms with Crippen LogP contribution < -0.4 is 16.4 Å². The zero-order chi connectivity index (χ0) is 25.4. The monoisotopic (exact) mass is 482 g/mol. The maximum Gasteiger partial charge on any atom is 0.242 e. The lowest BCUT2D eigenvalue weighted by Gasteiger charge is -2.40. The molecule has 7 aromatic rings. The average molecular weight is 482 g/mol. The van der Waals surface area contributed by atoms with E-state index in [-0.39, 0.29) is 12.1 Å². The van der Waals surface area contributed by atoms with Crippen molar-refractivity contribution >= 4 is 55.4 Å². The minimum absolute atomic E-state index is 0.0865. The molecule has 1 aliphatic rings. The van der Waals surface area contributed by atoms with E-state index in [0.717, 1.165) is 0 Å². The van der Waals surface area contributed by atoms with E-state index in [1.165, 1.54) is 71.0 Å². The highest BCUT2D eigenvalue weighted by atomic mass is 14.3. The summed E-state index contributed by atoms with van der Waals surface area (Å²) >= 11 is 0. The SMILES string of the molecule is CC1(C)c2ccccc2B(c2ccccc2)c2c1cc1ccc3c(-c4ccccc4)ccc4ccc2c1c43. The molecule has 0 aliphatic carbocycles. The van der Waals surface area contributed by atoms with Crippen LogP contribution in [0.5, 0.6) is 0 Å². The van der Waals surface area contributed by atoms with Crippen LogP contribution in [-0.4, -0.2) is 6.71 Å². The summed E-state index contributed by atoms with van der Waals surface area (Å²) in [5.41, 5.74) is 9.61. The van der Waals surface area contributed by atoms with Crippen molar-refractivity contribution < 1.29 is 0 Å². The molecule has 0 N–H and O–H groups in total. The summed E-state index contributed by atoms with van der Waals surface area (Å²) in [6, 6.07) is 47.5. The lowest BCUT2D eigenvalue weighted by Crippen LogP contribution is -2.60. The molecular weight excluding hydrogens is 455 g/mol. The standard InChI is InChI=1S/C37H27B/c1-37(2)31-15-9-10-16-33(31)38(27-13-7-4-8-14-27)36-30-22-18-25-17-20-28(24-11-5-3-6-12-24)29-21-19-26(23-32(36)37)35(30)34(25)29/h3-23H,1-2H3. The number of hydrogen-bond donors (Lipinski definition) is 0. The quantitative estimate of drug-likeness (QED) is 0.178. The molecule has 8 rings (SSSR count). The molecule has 38 heavy (non-hydrogen) atoms. The van der Waals surface area contributed by atoms with Crippen molar-refractivity contribution in [1.82, 2.24) is 0 Å². The van der Waals surface area contributed by atoms with E-state index in [1.54, 1.807) is 0 Å². The third-order valence-electron chi connectivity index (χ3n) is 8.95. The number of fused-ring (bicyclic) bond motifs is 3. The lowest BCUT2D eigenvalue weighted by atomic mass is 9.31. The molecular formula is C37H27B. The van der Waals surface area contributed by atoms with Gasteiger partial charge in [0.2, 0.25) is 6.71 Å². The van der Waals surface area contributed by atoms with Gasteiger partial charge in [-0.15, -0.1) is 0 Å². The summed E-state index contributed by atoms with van der Waals surface area (Å²) < 4.78 is 0. The van der Waals surface area contributed by atoms with Crippen LogP contribution in [0.4, 0.5) is 0 Å². The Hall–Kier alpha value is -4.36. The smallest absolute Gasteiger partial charge is 0.0686 e. The number of hydrogen-bond acceptors (Lipinski definition) is 0. The molecule has 0 unspecified atom stereocenters. The van der Waals surface area contributed by atoms with E-state index in [0.29, 0.717) is 0 Å². The highest BCUT2D eigenvalue weighted by molar-refractivity contribution is 6.98. The van der Waals surface area contributed by atoms with Crippen LogP contribution in [0.1, 0.15) is 25.0 Å². The van der Waals surface area contributed by atoms with Gasteiger partial charge in [-0.05, 0) is 54.6 Å². The number of benzene rings is 7. The van der Waals surface area contributed by atoms with Crippen molar-refractivity contribution in [2.24, 2.45) is 0 Å². The van der Waals surface area contributed by atoms with E-state index in [4.69, 9.17) is 0 Å². The Morgan fingerprint density at radius 1 is 0.526 bits per heavy atom. The van der Waals surface area contributed by atoms with Gasteiger partial charge in [0.25, 0.3) is 0 Å². The molecule has 0 saturated heterocycles. The molecule has 0 radical (unpaired) electrons. The fourth-order valence-electron chi connectivity index (χ4n) is 7.21.